The van der Waals surface area contributed by atoms with Gasteiger partial charge in [0.15, 0.2) is 0 Å². The first kappa shape index (κ1) is 18.8. The number of hydrogen-bond donors (Lipinski definition) is 2. The number of aromatic nitrogens is 4. The largest absolute Gasteiger partial charge is 0.273 e. The predicted octanol–water partition coefficient (Wildman–Crippen LogP) is 4.16. The van der Waals surface area contributed by atoms with E-state index in [2.05, 4.69) is 28.2 Å². The molecule has 4 rings (SSSR count). The number of hydrogen-bond acceptors (Lipinski definition) is 4. The standard InChI is InChI=1S/C22H19N5OS/c1-2-5-19-18(20(28)27-21(24-19)25-26-22(27)29)12-14-8-10-15(11-9-14)17-7-4-3-6-16(17)13-23/h3-4,6-11H,2,5,12H2,1H3,(H,24,25)(H,26,29). The topological polar surface area (TPSA) is 89.7 Å². The minimum absolute atomic E-state index is 0.139. The second-order valence-corrected chi connectivity index (χ2v) is 7.22. The molecule has 2 N–H and O–H groups in total. The van der Waals surface area contributed by atoms with Crippen LogP contribution in [0.5, 0.6) is 0 Å². The summed E-state index contributed by atoms with van der Waals surface area (Å²) < 4.78 is 1.71. The molecule has 0 aliphatic carbocycles. The summed E-state index contributed by atoms with van der Waals surface area (Å²) in [6, 6.07) is 17.7. The summed E-state index contributed by atoms with van der Waals surface area (Å²) in [4.78, 5) is 17.7. The molecule has 2 aromatic heterocycles. The third kappa shape index (κ3) is 3.50. The van der Waals surface area contributed by atoms with E-state index in [-0.39, 0.29) is 5.56 Å². The van der Waals surface area contributed by atoms with E-state index in [9.17, 15) is 10.1 Å². The molecule has 0 radical (unpaired) electrons. The van der Waals surface area contributed by atoms with Crippen molar-refractivity contribution in [2.75, 3.05) is 0 Å². The number of benzene rings is 2. The molecule has 0 atom stereocenters. The maximum atomic E-state index is 13.1. The molecule has 0 aliphatic heterocycles. The predicted molar refractivity (Wildman–Crippen MR) is 114 cm³/mol. The molecular formula is C22H19N5OS. The molecule has 2 heterocycles. The Bertz CT molecular complexity index is 1340. The van der Waals surface area contributed by atoms with E-state index < -0.39 is 0 Å². The van der Waals surface area contributed by atoms with Gasteiger partial charge in [-0.05, 0) is 41.4 Å². The highest BCUT2D eigenvalue weighted by Crippen LogP contribution is 2.24. The summed E-state index contributed by atoms with van der Waals surface area (Å²) in [5.74, 6) is 0.440. The Morgan fingerprint density at radius 2 is 1.90 bits per heavy atom. The minimum atomic E-state index is -0.139. The van der Waals surface area contributed by atoms with Crippen LogP contribution in [0.4, 0.5) is 0 Å². The highest BCUT2D eigenvalue weighted by atomic mass is 32.1. The first-order valence-corrected chi connectivity index (χ1v) is 9.82. The summed E-state index contributed by atoms with van der Waals surface area (Å²) in [7, 11) is 0. The summed E-state index contributed by atoms with van der Waals surface area (Å²) in [5, 5.41) is 15.0. The lowest BCUT2D eigenvalue weighted by atomic mass is 9.97. The van der Waals surface area contributed by atoms with Crippen molar-refractivity contribution < 1.29 is 0 Å². The molecule has 29 heavy (non-hydrogen) atoms. The van der Waals surface area contributed by atoms with Gasteiger partial charge in [0.25, 0.3) is 5.56 Å². The quantitative estimate of drug-likeness (QED) is 0.491. The molecule has 0 bridgehead atoms. The van der Waals surface area contributed by atoms with Crippen molar-refractivity contribution in [2.24, 2.45) is 0 Å². The Morgan fingerprint density at radius 3 is 2.62 bits per heavy atom. The molecule has 0 unspecified atom stereocenters. The van der Waals surface area contributed by atoms with Crippen LogP contribution in [0.1, 0.15) is 35.7 Å². The molecule has 0 saturated heterocycles. The van der Waals surface area contributed by atoms with E-state index in [1.54, 1.807) is 0 Å². The molecule has 144 valence electrons. The van der Waals surface area contributed by atoms with Gasteiger partial charge in [-0.25, -0.2) is 9.38 Å². The summed E-state index contributed by atoms with van der Waals surface area (Å²) in [5.41, 5.74) is 4.83. The van der Waals surface area contributed by atoms with Crippen molar-refractivity contribution in [3.63, 3.8) is 0 Å². The van der Waals surface area contributed by atoms with Gasteiger partial charge < -0.3 is 0 Å². The Labute approximate surface area is 172 Å². The summed E-state index contributed by atoms with van der Waals surface area (Å²) in [6.45, 7) is 2.06. The molecule has 0 amide bonds. The average Bonchev–Trinajstić information content (AvgIpc) is 3.12. The first-order valence-electron chi connectivity index (χ1n) is 9.42. The van der Waals surface area contributed by atoms with Gasteiger partial charge in [-0.1, -0.05) is 55.8 Å². The van der Waals surface area contributed by atoms with Crippen LogP contribution in [-0.4, -0.2) is 19.6 Å². The zero-order valence-electron chi connectivity index (χ0n) is 15.9. The third-order valence-corrected chi connectivity index (χ3v) is 5.21. The van der Waals surface area contributed by atoms with Gasteiger partial charge in [0.1, 0.15) is 0 Å². The van der Waals surface area contributed by atoms with Crippen molar-refractivity contribution in [1.29, 1.82) is 5.26 Å². The number of H-pyrrole nitrogens is 2. The van der Waals surface area contributed by atoms with E-state index in [0.29, 0.717) is 28.1 Å². The number of nitriles is 1. The van der Waals surface area contributed by atoms with E-state index in [1.165, 1.54) is 4.40 Å². The van der Waals surface area contributed by atoms with Crippen LogP contribution in [-0.2, 0) is 12.8 Å². The Morgan fingerprint density at radius 1 is 1.14 bits per heavy atom. The lowest BCUT2D eigenvalue weighted by Gasteiger charge is -2.09. The number of aryl methyl sites for hydroxylation is 1. The van der Waals surface area contributed by atoms with Gasteiger partial charge in [-0.15, -0.1) is 0 Å². The number of rotatable bonds is 5. The molecular weight excluding hydrogens is 382 g/mol. The molecule has 2 aromatic carbocycles. The smallest absolute Gasteiger partial charge is 0.265 e. The Balaban J connectivity index is 1.74. The van der Waals surface area contributed by atoms with Crippen molar-refractivity contribution in [3.8, 4) is 17.2 Å². The maximum Gasteiger partial charge on any atom is 0.265 e. The fraction of sp³-hybridized carbons (Fsp3) is 0.182. The fourth-order valence-electron chi connectivity index (χ4n) is 3.50. The van der Waals surface area contributed by atoms with Crippen LogP contribution < -0.4 is 5.56 Å². The maximum absolute atomic E-state index is 13.1. The van der Waals surface area contributed by atoms with E-state index in [0.717, 1.165) is 35.2 Å². The van der Waals surface area contributed by atoms with E-state index in [1.807, 2.05) is 48.5 Å². The Hall–Kier alpha value is -3.50. The van der Waals surface area contributed by atoms with Crippen LogP contribution in [0.2, 0.25) is 0 Å². The third-order valence-electron chi connectivity index (χ3n) is 4.93. The van der Waals surface area contributed by atoms with Gasteiger partial charge >= 0.3 is 0 Å². The fourth-order valence-corrected chi connectivity index (χ4v) is 3.72. The van der Waals surface area contributed by atoms with Crippen LogP contribution >= 0.6 is 12.2 Å². The Kier molecular flexibility index (Phi) is 5.10. The normalized spacial score (nSPS) is 10.9. The summed E-state index contributed by atoms with van der Waals surface area (Å²) >= 11 is 5.21. The van der Waals surface area contributed by atoms with Gasteiger partial charge in [0.2, 0.25) is 10.5 Å². The zero-order valence-corrected chi connectivity index (χ0v) is 16.7. The van der Waals surface area contributed by atoms with Crippen LogP contribution in [0, 0.1) is 16.1 Å². The van der Waals surface area contributed by atoms with Gasteiger partial charge in [0, 0.05) is 12.0 Å². The van der Waals surface area contributed by atoms with Crippen LogP contribution in [0.25, 0.3) is 16.9 Å². The van der Waals surface area contributed by atoms with Crippen molar-refractivity contribution in [3.05, 3.63) is 86.0 Å². The average molecular weight is 401 g/mol. The van der Waals surface area contributed by atoms with Crippen molar-refractivity contribution >= 4 is 18.0 Å². The monoisotopic (exact) mass is 401 g/mol. The van der Waals surface area contributed by atoms with Gasteiger partial charge in [-0.3, -0.25) is 15.0 Å². The lowest BCUT2D eigenvalue weighted by molar-refractivity contribution is 0.836. The van der Waals surface area contributed by atoms with Gasteiger partial charge in [-0.2, -0.15) is 5.26 Å². The second kappa shape index (κ2) is 7.86. The molecule has 0 saturated carbocycles. The molecule has 7 heteroatoms. The number of aromatic amines is 2. The van der Waals surface area contributed by atoms with E-state index >= 15 is 0 Å². The molecule has 0 fully saturated rings. The van der Waals surface area contributed by atoms with Crippen LogP contribution in [0.15, 0.2) is 53.3 Å². The highest BCUT2D eigenvalue weighted by Gasteiger charge is 2.15. The second-order valence-electron chi connectivity index (χ2n) is 6.84. The summed E-state index contributed by atoms with van der Waals surface area (Å²) in [6.07, 6.45) is 2.09. The van der Waals surface area contributed by atoms with Crippen molar-refractivity contribution in [1.82, 2.24) is 19.6 Å². The molecule has 6 nitrogen and oxygen atoms in total. The van der Waals surface area contributed by atoms with Crippen molar-refractivity contribution in [2.45, 2.75) is 26.2 Å². The molecule has 4 aromatic rings. The SMILES string of the molecule is CCCc1nc2[nH][nH]c(=S)n2c(=O)c1Cc1ccc(-c2ccccc2C#N)cc1. The minimum Gasteiger partial charge on any atom is -0.273 e. The number of nitrogens with one attached hydrogen (secondary N) is 2. The van der Waals surface area contributed by atoms with Crippen LogP contribution in [0.3, 0.4) is 0 Å². The van der Waals surface area contributed by atoms with E-state index in [4.69, 9.17) is 12.2 Å². The molecule has 0 aliphatic rings. The molecule has 0 spiro atoms. The highest BCUT2D eigenvalue weighted by molar-refractivity contribution is 7.71. The first-order chi connectivity index (χ1) is 14.1. The van der Waals surface area contributed by atoms with Gasteiger partial charge in [0.05, 0.1) is 17.3 Å². The zero-order chi connectivity index (χ0) is 20.4. The lowest BCUT2D eigenvalue weighted by Crippen LogP contribution is -2.22. The number of nitrogens with zero attached hydrogens (tertiary/aromatic N) is 3. The number of fused-ring (bicyclic) bond motifs is 1.